The summed E-state index contributed by atoms with van der Waals surface area (Å²) < 4.78 is 11.2. The third-order valence-electron chi connectivity index (χ3n) is 4.53. The minimum atomic E-state index is 0.131. The van der Waals surface area contributed by atoms with E-state index in [4.69, 9.17) is 9.47 Å². The van der Waals surface area contributed by atoms with E-state index in [-0.39, 0.29) is 11.8 Å². The number of nitrogens with zero attached hydrogens (tertiary/aromatic N) is 2. The average Bonchev–Trinajstić information content (AvgIpc) is 2.66. The zero-order valence-corrected chi connectivity index (χ0v) is 14.8. The Bertz CT molecular complexity index is 718. The summed E-state index contributed by atoms with van der Waals surface area (Å²) >= 11 is 0. The molecular formula is C20H24N2O3. The maximum absolute atomic E-state index is 12.5. The van der Waals surface area contributed by atoms with Crippen molar-refractivity contribution in [2.75, 3.05) is 26.8 Å². The van der Waals surface area contributed by atoms with E-state index in [1.54, 1.807) is 17.3 Å². The van der Waals surface area contributed by atoms with Crippen LogP contribution in [0.25, 0.3) is 0 Å². The average molecular weight is 340 g/mol. The van der Waals surface area contributed by atoms with Crippen LogP contribution in [-0.4, -0.2) is 42.6 Å². The highest BCUT2D eigenvalue weighted by atomic mass is 16.6. The summed E-state index contributed by atoms with van der Waals surface area (Å²) in [5.41, 5.74) is 2.29. The number of carbonyl (C=O) groups excluding carboxylic acids is 1. The van der Waals surface area contributed by atoms with Crippen molar-refractivity contribution in [2.24, 2.45) is 0 Å². The number of amides is 1. The molecular weight excluding hydrogens is 316 g/mol. The molecule has 1 aromatic carbocycles. The molecule has 0 spiro atoms. The Morgan fingerprint density at radius 1 is 1.16 bits per heavy atom. The van der Waals surface area contributed by atoms with Gasteiger partial charge in [-0.2, -0.15) is 0 Å². The second-order valence-corrected chi connectivity index (χ2v) is 6.43. The molecule has 0 aliphatic carbocycles. The van der Waals surface area contributed by atoms with Gasteiger partial charge in [0, 0.05) is 32.4 Å². The molecule has 1 amide bonds. The number of hydrogen-bond acceptors (Lipinski definition) is 4. The Hall–Kier alpha value is -2.56. The van der Waals surface area contributed by atoms with Crippen molar-refractivity contribution < 1.29 is 14.3 Å². The first-order valence-electron chi connectivity index (χ1n) is 8.66. The number of carbonyl (C=O) groups is 1. The predicted octanol–water partition coefficient (Wildman–Crippen LogP) is 3.05. The van der Waals surface area contributed by atoms with Gasteiger partial charge in [0.25, 0.3) is 0 Å². The highest BCUT2D eigenvalue weighted by Gasteiger charge is 2.18. The molecule has 5 nitrogen and oxygen atoms in total. The third-order valence-corrected chi connectivity index (χ3v) is 4.53. The molecule has 1 aromatic heterocycles. The van der Waals surface area contributed by atoms with Crippen LogP contribution in [0.5, 0.6) is 11.5 Å². The molecule has 0 fully saturated rings. The van der Waals surface area contributed by atoms with Crippen LogP contribution < -0.4 is 9.47 Å². The van der Waals surface area contributed by atoms with Gasteiger partial charge in [-0.15, -0.1) is 0 Å². The lowest BCUT2D eigenvalue weighted by Crippen LogP contribution is -2.29. The molecule has 0 bridgehead atoms. The highest BCUT2D eigenvalue weighted by Crippen LogP contribution is 2.33. The zero-order chi connectivity index (χ0) is 17.6. The van der Waals surface area contributed by atoms with Gasteiger partial charge < -0.3 is 14.4 Å². The lowest BCUT2D eigenvalue weighted by molar-refractivity contribution is -0.130. The number of hydrogen-bond donors (Lipinski definition) is 0. The topological polar surface area (TPSA) is 51.7 Å². The molecule has 0 N–H and O–H groups in total. The van der Waals surface area contributed by atoms with Gasteiger partial charge in [0.2, 0.25) is 5.91 Å². The fraction of sp³-hybridized carbons (Fsp3) is 0.400. The molecule has 1 atom stereocenters. The van der Waals surface area contributed by atoms with Gasteiger partial charge in [0.05, 0.1) is 0 Å². The first-order valence-corrected chi connectivity index (χ1v) is 8.66. The maximum atomic E-state index is 12.5. The summed E-state index contributed by atoms with van der Waals surface area (Å²) in [7, 11) is 1.86. The van der Waals surface area contributed by atoms with Crippen molar-refractivity contribution in [3.05, 3.63) is 53.9 Å². The van der Waals surface area contributed by atoms with E-state index in [2.05, 4.69) is 11.9 Å². The second kappa shape index (κ2) is 8.01. The normalized spacial score (nSPS) is 14.0. The van der Waals surface area contributed by atoms with Crippen LogP contribution in [0.2, 0.25) is 0 Å². The van der Waals surface area contributed by atoms with Crippen molar-refractivity contribution in [3.63, 3.8) is 0 Å². The SMILES string of the molecule is CC(CC(=O)N(C)CCc1ccncc1)c1ccc2c(c1)OCCO2. The van der Waals surface area contributed by atoms with Gasteiger partial charge in [-0.25, -0.2) is 0 Å². The minimum absolute atomic E-state index is 0.131. The number of pyridine rings is 1. The van der Waals surface area contributed by atoms with Crippen molar-refractivity contribution in [3.8, 4) is 11.5 Å². The summed E-state index contributed by atoms with van der Waals surface area (Å²) in [4.78, 5) is 18.3. The molecule has 2 aromatic rings. The summed E-state index contributed by atoms with van der Waals surface area (Å²) in [6.07, 6.45) is 4.87. The number of likely N-dealkylation sites (N-methyl/N-ethyl adjacent to an activating group) is 1. The molecule has 0 saturated heterocycles. The predicted molar refractivity (Wildman–Crippen MR) is 96.0 cm³/mol. The Morgan fingerprint density at radius 2 is 1.88 bits per heavy atom. The molecule has 0 saturated carbocycles. The largest absolute Gasteiger partial charge is 0.486 e. The number of fused-ring (bicyclic) bond motifs is 1. The summed E-state index contributed by atoms with van der Waals surface area (Å²) in [6.45, 7) is 3.93. The van der Waals surface area contributed by atoms with E-state index in [0.717, 1.165) is 23.5 Å². The number of benzene rings is 1. The van der Waals surface area contributed by atoms with Crippen LogP contribution >= 0.6 is 0 Å². The van der Waals surface area contributed by atoms with Gasteiger partial charge >= 0.3 is 0 Å². The van der Waals surface area contributed by atoms with Gasteiger partial charge in [0.15, 0.2) is 11.5 Å². The van der Waals surface area contributed by atoms with Gasteiger partial charge in [-0.1, -0.05) is 13.0 Å². The van der Waals surface area contributed by atoms with E-state index < -0.39 is 0 Å². The van der Waals surface area contributed by atoms with E-state index in [0.29, 0.717) is 26.2 Å². The lowest BCUT2D eigenvalue weighted by atomic mass is 9.96. The third kappa shape index (κ3) is 4.50. The molecule has 5 heteroatoms. The Balaban J connectivity index is 1.54. The van der Waals surface area contributed by atoms with Crippen LogP contribution in [0.15, 0.2) is 42.7 Å². The van der Waals surface area contributed by atoms with Gasteiger partial charge in [0.1, 0.15) is 13.2 Å². The molecule has 1 unspecified atom stereocenters. The van der Waals surface area contributed by atoms with E-state index in [9.17, 15) is 4.79 Å². The second-order valence-electron chi connectivity index (χ2n) is 6.43. The van der Waals surface area contributed by atoms with Crippen LogP contribution in [0.4, 0.5) is 0 Å². The van der Waals surface area contributed by atoms with Crippen LogP contribution in [-0.2, 0) is 11.2 Å². The molecule has 2 heterocycles. The molecule has 1 aliphatic rings. The van der Waals surface area contributed by atoms with E-state index in [1.165, 1.54) is 5.56 Å². The summed E-state index contributed by atoms with van der Waals surface area (Å²) in [5, 5.41) is 0. The monoisotopic (exact) mass is 340 g/mol. The van der Waals surface area contributed by atoms with E-state index in [1.807, 2.05) is 37.4 Å². The summed E-state index contributed by atoms with van der Waals surface area (Å²) in [5.74, 6) is 1.83. The van der Waals surface area contributed by atoms with Gasteiger partial charge in [-0.05, 0) is 47.7 Å². The quantitative estimate of drug-likeness (QED) is 0.811. The molecule has 1 aliphatic heterocycles. The first-order chi connectivity index (χ1) is 12.1. The molecule has 25 heavy (non-hydrogen) atoms. The standard InChI is InChI=1S/C20H24N2O3/c1-15(17-3-4-18-19(14-17)25-12-11-24-18)13-20(23)22(2)10-7-16-5-8-21-9-6-16/h3-6,8-9,14-15H,7,10-13H2,1-2H3. The van der Waals surface area contributed by atoms with Crippen molar-refractivity contribution >= 4 is 5.91 Å². The molecule has 0 radical (unpaired) electrons. The van der Waals surface area contributed by atoms with Gasteiger partial charge in [-0.3, -0.25) is 9.78 Å². The van der Waals surface area contributed by atoms with Crippen LogP contribution in [0, 0.1) is 0 Å². The number of aromatic nitrogens is 1. The smallest absolute Gasteiger partial charge is 0.222 e. The van der Waals surface area contributed by atoms with Crippen molar-refractivity contribution in [1.82, 2.24) is 9.88 Å². The minimum Gasteiger partial charge on any atom is -0.486 e. The summed E-state index contributed by atoms with van der Waals surface area (Å²) in [6, 6.07) is 9.90. The van der Waals surface area contributed by atoms with Crippen molar-refractivity contribution in [1.29, 1.82) is 0 Å². The van der Waals surface area contributed by atoms with Crippen molar-refractivity contribution in [2.45, 2.75) is 25.7 Å². The Kier molecular flexibility index (Phi) is 5.53. The first kappa shape index (κ1) is 17.3. The van der Waals surface area contributed by atoms with Crippen LogP contribution in [0.1, 0.15) is 30.4 Å². The highest BCUT2D eigenvalue weighted by molar-refractivity contribution is 5.76. The Labute approximate surface area is 148 Å². The fourth-order valence-electron chi connectivity index (χ4n) is 2.87. The Morgan fingerprint density at radius 3 is 2.64 bits per heavy atom. The fourth-order valence-corrected chi connectivity index (χ4v) is 2.87. The molecule has 3 rings (SSSR count). The van der Waals surface area contributed by atoms with E-state index >= 15 is 0 Å². The lowest BCUT2D eigenvalue weighted by Gasteiger charge is -2.22. The molecule has 132 valence electrons. The maximum Gasteiger partial charge on any atom is 0.222 e. The number of ether oxygens (including phenoxy) is 2. The zero-order valence-electron chi connectivity index (χ0n) is 14.8. The number of rotatable bonds is 6. The van der Waals surface area contributed by atoms with Crippen LogP contribution in [0.3, 0.4) is 0 Å².